The molecule has 6 heteroatoms. The van der Waals surface area contributed by atoms with Gasteiger partial charge in [-0.15, -0.1) is 0 Å². The highest BCUT2D eigenvalue weighted by Gasteiger charge is 2.55. The first-order valence-electron chi connectivity index (χ1n) is 8.57. The number of nitrogens with one attached hydrogen (secondary N) is 2. The standard InChI is InChI=1S/C16H30N2O4/c1-3-13(9-19)11-21-15(17-13)5-7-16(8-6-15)18-14(4-2,10-20)12-22-16/h17-20H,3-12H2,1-2H3/t13-,14-,15?,16?/m1/s1. The van der Waals surface area contributed by atoms with Crippen LogP contribution in [0.15, 0.2) is 0 Å². The summed E-state index contributed by atoms with van der Waals surface area (Å²) in [7, 11) is 0. The summed E-state index contributed by atoms with van der Waals surface area (Å²) in [5.74, 6) is 0. The fourth-order valence-electron chi connectivity index (χ4n) is 4.03. The van der Waals surface area contributed by atoms with E-state index in [0.29, 0.717) is 13.2 Å². The molecule has 1 aliphatic carbocycles. The van der Waals surface area contributed by atoms with Crippen LogP contribution in [0.5, 0.6) is 0 Å². The Morgan fingerprint density at radius 1 is 0.773 bits per heavy atom. The maximum atomic E-state index is 9.66. The van der Waals surface area contributed by atoms with Gasteiger partial charge in [-0.3, -0.25) is 10.6 Å². The van der Waals surface area contributed by atoms with E-state index >= 15 is 0 Å². The van der Waals surface area contributed by atoms with Gasteiger partial charge in [0.05, 0.1) is 37.5 Å². The van der Waals surface area contributed by atoms with Crippen molar-refractivity contribution in [1.29, 1.82) is 0 Å². The van der Waals surface area contributed by atoms with Gasteiger partial charge in [-0.1, -0.05) is 13.8 Å². The first kappa shape index (κ1) is 16.6. The van der Waals surface area contributed by atoms with E-state index in [2.05, 4.69) is 24.5 Å². The Labute approximate surface area is 132 Å². The topological polar surface area (TPSA) is 83.0 Å². The number of aliphatic hydroxyl groups excluding tert-OH is 2. The summed E-state index contributed by atoms with van der Waals surface area (Å²) in [5.41, 5.74) is -1.25. The molecule has 3 aliphatic rings. The van der Waals surface area contributed by atoms with E-state index in [0.717, 1.165) is 38.5 Å². The van der Waals surface area contributed by atoms with Gasteiger partial charge in [-0.2, -0.15) is 0 Å². The van der Waals surface area contributed by atoms with Gasteiger partial charge >= 0.3 is 0 Å². The summed E-state index contributed by atoms with van der Waals surface area (Å²) in [6.45, 7) is 5.50. The fraction of sp³-hybridized carbons (Fsp3) is 1.00. The number of hydrogen-bond acceptors (Lipinski definition) is 6. The molecule has 4 N–H and O–H groups in total. The third-order valence-corrected chi connectivity index (χ3v) is 6.06. The second kappa shape index (κ2) is 5.69. The van der Waals surface area contributed by atoms with Gasteiger partial charge in [0.2, 0.25) is 0 Å². The molecule has 0 aromatic rings. The lowest BCUT2D eigenvalue weighted by atomic mass is 9.83. The zero-order valence-corrected chi connectivity index (χ0v) is 13.8. The summed E-state index contributed by atoms with van der Waals surface area (Å²) in [6.07, 6.45) is 5.13. The highest BCUT2D eigenvalue weighted by Crippen LogP contribution is 2.44. The van der Waals surface area contributed by atoms with E-state index in [4.69, 9.17) is 9.47 Å². The SMILES string of the molecule is CC[C@@]1(CO)COC2(CCC3(CC2)N[C@](CC)(CO)CO3)N1. The molecule has 0 radical (unpaired) electrons. The molecule has 2 atom stereocenters. The fourth-order valence-corrected chi connectivity index (χ4v) is 4.03. The van der Waals surface area contributed by atoms with Crippen molar-refractivity contribution in [2.45, 2.75) is 74.9 Å². The molecule has 3 rings (SSSR count). The van der Waals surface area contributed by atoms with Crippen molar-refractivity contribution in [2.75, 3.05) is 26.4 Å². The minimum absolute atomic E-state index is 0.106. The lowest BCUT2D eigenvalue weighted by Crippen LogP contribution is -2.60. The molecule has 0 aromatic carbocycles. The van der Waals surface area contributed by atoms with Gasteiger partial charge in [0.1, 0.15) is 11.4 Å². The van der Waals surface area contributed by atoms with Crippen molar-refractivity contribution in [3.05, 3.63) is 0 Å². The lowest BCUT2D eigenvalue weighted by molar-refractivity contribution is -0.115. The molecule has 6 nitrogen and oxygen atoms in total. The average Bonchev–Trinajstić information content (AvgIpc) is 3.12. The van der Waals surface area contributed by atoms with Gasteiger partial charge in [0.25, 0.3) is 0 Å². The van der Waals surface area contributed by atoms with Crippen molar-refractivity contribution < 1.29 is 19.7 Å². The zero-order chi connectivity index (χ0) is 15.9. The quantitative estimate of drug-likeness (QED) is 0.604. The van der Waals surface area contributed by atoms with Crippen LogP contribution in [-0.2, 0) is 9.47 Å². The summed E-state index contributed by atoms with van der Waals surface area (Å²) in [6, 6.07) is 0. The van der Waals surface area contributed by atoms with Gasteiger partial charge in [0, 0.05) is 0 Å². The molecule has 1 saturated carbocycles. The molecule has 0 amide bonds. The smallest absolute Gasteiger partial charge is 0.120 e. The highest BCUT2D eigenvalue weighted by molar-refractivity contribution is 5.07. The molecule has 128 valence electrons. The van der Waals surface area contributed by atoms with Crippen molar-refractivity contribution in [2.24, 2.45) is 0 Å². The van der Waals surface area contributed by atoms with Gasteiger partial charge < -0.3 is 19.7 Å². The average molecular weight is 314 g/mol. The predicted octanol–water partition coefficient (Wildman–Crippen LogP) is 0.475. The van der Waals surface area contributed by atoms with Crippen molar-refractivity contribution in [3.8, 4) is 0 Å². The van der Waals surface area contributed by atoms with Gasteiger partial charge in [-0.25, -0.2) is 0 Å². The lowest BCUT2D eigenvalue weighted by Gasteiger charge is -2.43. The van der Waals surface area contributed by atoms with Crippen LogP contribution in [0.4, 0.5) is 0 Å². The van der Waals surface area contributed by atoms with E-state index in [-0.39, 0.29) is 35.7 Å². The van der Waals surface area contributed by atoms with Crippen LogP contribution >= 0.6 is 0 Å². The molecule has 2 spiro atoms. The summed E-state index contributed by atoms with van der Waals surface area (Å²) < 4.78 is 12.2. The van der Waals surface area contributed by atoms with Crippen LogP contribution in [0.1, 0.15) is 52.4 Å². The normalized spacial score (nSPS) is 48.5. The first-order chi connectivity index (χ1) is 10.5. The Kier molecular flexibility index (Phi) is 4.29. The van der Waals surface area contributed by atoms with Crippen molar-refractivity contribution in [1.82, 2.24) is 10.6 Å². The van der Waals surface area contributed by atoms with Crippen molar-refractivity contribution >= 4 is 0 Å². The van der Waals surface area contributed by atoms with Gasteiger partial charge in [0.15, 0.2) is 0 Å². The molecule has 0 unspecified atom stereocenters. The van der Waals surface area contributed by atoms with E-state index in [9.17, 15) is 10.2 Å². The first-order valence-corrected chi connectivity index (χ1v) is 8.57. The zero-order valence-electron chi connectivity index (χ0n) is 13.8. The van der Waals surface area contributed by atoms with E-state index in [1.807, 2.05) is 0 Å². The molecule has 3 fully saturated rings. The van der Waals surface area contributed by atoms with Crippen LogP contribution in [0.25, 0.3) is 0 Å². The number of aliphatic hydroxyl groups is 2. The minimum atomic E-state index is -0.328. The van der Waals surface area contributed by atoms with Crippen LogP contribution in [0, 0.1) is 0 Å². The Morgan fingerprint density at radius 3 is 1.36 bits per heavy atom. The maximum absolute atomic E-state index is 9.66. The summed E-state index contributed by atoms with van der Waals surface area (Å²) in [4.78, 5) is 0. The monoisotopic (exact) mass is 314 g/mol. The molecular weight excluding hydrogens is 284 g/mol. The molecule has 2 heterocycles. The van der Waals surface area contributed by atoms with Crippen LogP contribution in [-0.4, -0.2) is 59.2 Å². The Morgan fingerprint density at radius 2 is 1.14 bits per heavy atom. The third-order valence-electron chi connectivity index (χ3n) is 6.06. The summed E-state index contributed by atoms with van der Waals surface area (Å²) in [5, 5.41) is 26.5. The van der Waals surface area contributed by atoms with Crippen molar-refractivity contribution in [3.63, 3.8) is 0 Å². The highest BCUT2D eigenvalue weighted by atomic mass is 16.5. The van der Waals surface area contributed by atoms with E-state index < -0.39 is 0 Å². The molecule has 0 bridgehead atoms. The molecule has 22 heavy (non-hydrogen) atoms. The van der Waals surface area contributed by atoms with Crippen LogP contribution in [0.2, 0.25) is 0 Å². The second-order valence-corrected chi connectivity index (χ2v) is 7.40. The molecular formula is C16H30N2O4. The minimum Gasteiger partial charge on any atom is -0.394 e. The Bertz CT molecular complexity index is 361. The molecule has 2 aliphatic heterocycles. The summed E-state index contributed by atoms with van der Waals surface area (Å²) >= 11 is 0. The number of hydrogen-bond donors (Lipinski definition) is 4. The van der Waals surface area contributed by atoms with Crippen LogP contribution in [0.3, 0.4) is 0 Å². The van der Waals surface area contributed by atoms with Crippen LogP contribution < -0.4 is 10.6 Å². The maximum Gasteiger partial charge on any atom is 0.120 e. The second-order valence-electron chi connectivity index (χ2n) is 7.40. The largest absolute Gasteiger partial charge is 0.394 e. The van der Waals surface area contributed by atoms with E-state index in [1.165, 1.54) is 0 Å². The third kappa shape index (κ3) is 2.60. The number of ether oxygens (including phenoxy) is 2. The molecule has 0 aromatic heterocycles. The Balaban J connectivity index is 1.64. The van der Waals surface area contributed by atoms with Gasteiger partial charge in [-0.05, 0) is 38.5 Å². The van der Waals surface area contributed by atoms with E-state index in [1.54, 1.807) is 0 Å². The molecule has 2 saturated heterocycles. The Hall–Kier alpha value is -0.240. The predicted molar refractivity (Wildman–Crippen MR) is 82.3 cm³/mol. The number of rotatable bonds is 4.